The number of hydrogen-bond donors (Lipinski definition) is 1. The number of hydrogen-bond acceptors (Lipinski definition) is 3. The highest BCUT2D eigenvalue weighted by atomic mass is 16.6. The van der Waals surface area contributed by atoms with Crippen LogP contribution in [0.15, 0.2) is 19.0 Å². The highest BCUT2D eigenvalue weighted by Gasteiger charge is 2.06. The maximum Gasteiger partial charge on any atom is 0.0746 e. The normalized spacial score (nSPS) is 12.8. The maximum atomic E-state index is 4.96. The average molecular weight is 167 g/mol. The summed E-state index contributed by atoms with van der Waals surface area (Å²) in [6.45, 7) is 6.12. The Morgan fingerprint density at radius 2 is 2.67 bits per heavy atom. The van der Waals surface area contributed by atoms with Gasteiger partial charge in [-0.25, -0.2) is 10.6 Å². The summed E-state index contributed by atoms with van der Waals surface area (Å²) >= 11 is 0. The molecule has 12 heavy (non-hydrogen) atoms. The molecule has 1 aromatic rings. The second-order valence-electron chi connectivity index (χ2n) is 2.67. The molecular formula is C8H13N3O. The van der Waals surface area contributed by atoms with Crippen LogP contribution >= 0.6 is 0 Å². The van der Waals surface area contributed by atoms with Crippen molar-refractivity contribution in [3.8, 4) is 0 Å². The van der Waals surface area contributed by atoms with Gasteiger partial charge < -0.3 is 4.84 Å². The molecule has 0 aliphatic carbocycles. The van der Waals surface area contributed by atoms with Crippen molar-refractivity contribution in [3.05, 3.63) is 24.5 Å². The molecule has 0 aromatic carbocycles. The van der Waals surface area contributed by atoms with Crippen molar-refractivity contribution < 1.29 is 4.84 Å². The Labute approximate surface area is 71.6 Å². The Balaban J connectivity index is 2.67. The summed E-state index contributed by atoms with van der Waals surface area (Å²) in [5.41, 5.74) is 1.10. The van der Waals surface area contributed by atoms with E-state index in [9.17, 15) is 0 Å². The predicted octanol–water partition coefficient (Wildman–Crippen LogP) is 0.977. The molecule has 1 unspecified atom stereocenters. The smallest absolute Gasteiger partial charge is 0.0746 e. The van der Waals surface area contributed by atoms with Crippen LogP contribution in [-0.2, 0) is 4.84 Å². The zero-order chi connectivity index (χ0) is 8.97. The number of aromatic nitrogens is 2. The van der Waals surface area contributed by atoms with Crippen molar-refractivity contribution in [1.82, 2.24) is 9.78 Å². The van der Waals surface area contributed by atoms with E-state index in [1.165, 1.54) is 0 Å². The van der Waals surface area contributed by atoms with Gasteiger partial charge in [0.2, 0.25) is 0 Å². The molecule has 0 aliphatic heterocycles. The van der Waals surface area contributed by atoms with E-state index in [0.717, 1.165) is 5.56 Å². The SMILES string of the molecule is C=Cn1cc(C(C)CON)cn1. The van der Waals surface area contributed by atoms with Gasteiger partial charge in [-0.1, -0.05) is 13.5 Å². The lowest BCUT2D eigenvalue weighted by molar-refractivity contribution is 0.126. The van der Waals surface area contributed by atoms with Crippen molar-refractivity contribution in [2.75, 3.05) is 6.61 Å². The number of nitrogens with zero attached hydrogens (tertiary/aromatic N) is 2. The molecule has 1 aromatic heterocycles. The summed E-state index contributed by atoms with van der Waals surface area (Å²) < 4.78 is 1.66. The van der Waals surface area contributed by atoms with Crippen LogP contribution in [0.2, 0.25) is 0 Å². The molecule has 0 bridgehead atoms. The Morgan fingerprint density at radius 3 is 3.17 bits per heavy atom. The van der Waals surface area contributed by atoms with Gasteiger partial charge in [0.1, 0.15) is 0 Å². The molecule has 1 rings (SSSR count). The lowest BCUT2D eigenvalue weighted by atomic mass is 10.1. The zero-order valence-electron chi connectivity index (χ0n) is 7.10. The van der Waals surface area contributed by atoms with Crippen LogP contribution < -0.4 is 5.90 Å². The molecule has 0 amide bonds. The van der Waals surface area contributed by atoms with Gasteiger partial charge in [0.25, 0.3) is 0 Å². The Morgan fingerprint density at radius 1 is 1.92 bits per heavy atom. The largest absolute Gasteiger partial charge is 0.304 e. The van der Waals surface area contributed by atoms with Gasteiger partial charge in [0.05, 0.1) is 12.8 Å². The van der Waals surface area contributed by atoms with E-state index in [-0.39, 0.29) is 5.92 Å². The van der Waals surface area contributed by atoms with Crippen LogP contribution in [0.25, 0.3) is 6.20 Å². The molecule has 2 N–H and O–H groups in total. The third kappa shape index (κ3) is 1.93. The van der Waals surface area contributed by atoms with Crippen molar-refractivity contribution in [2.45, 2.75) is 12.8 Å². The Hall–Kier alpha value is -1.13. The van der Waals surface area contributed by atoms with Gasteiger partial charge in [-0.15, -0.1) is 0 Å². The molecular weight excluding hydrogens is 154 g/mol. The third-order valence-electron chi connectivity index (χ3n) is 1.72. The van der Waals surface area contributed by atoms with Crippen molar-refractivity contribution in [1.29, 1.82) is 0 Å². The number of nitrogens with two attached hydrogens (primary N) is 1. The first-order valence-electron chi connectivity index (χ1n) is 3.76. The summed E-state index contributed by atoms with van der Waals surface area (Å²) in [7, 11) is 0. The molecule has 4 nitrogen and oxygen atoms in total. The molecule has 0 aliphatic rings. The van der Waals surface area contributed by atoms with Crippen LogP contribution in [0, 0.1) is 0 Å². The summed E-state index contributed by atoms with van der Waals surface area (Å²) in [5.74, 6) is 5.23. The van der Waals surface area contributed by atoms with Gasteiger partial charge in [-0.2, -0.15) is 5.10 Å². The quantitative estimate of drug-likeness (QED) is 0.680. The van der Waals surface area contributed by atoms with Gasteiger partial charge in [0.15, 0.2) is 0 Å². The fourth-order valence-corrected chi connectivity index (χ4v) is 0.948. The van der Waals surface area contributed by atoms with Crippen LogP contribution in [0.1, 0.15) is 18.4 Å². The minimum Gasteiger partial charge on any atom is -0.304 e. The first-order valence-corrected chi connectivity index (χ1v) is 3.76. The summed E-state index contributed by atoms with van der Waals surface area (Å²) in [6.07, 6.45) is 5.32. The highest BCUT2D eigenvalue weighted by molar-refractivity contribution is 5.19. The first kappa shape index (κ1) is 8.96. The predicted molar refractivity (Wildman–Crippen MR) is 47.2 cm³/mol. The second-order valence-corrected chi connectivity index (χ2v) is 2.67. The minimum absolute atomic E-state index is 0.267. The van der Waals surface area contributed by atoms with E-state index in [4.69, 9.17) is 5.90 Å². The maximum absolute atomic E-state index is 4.96. The zero-order valence-corrected chi connectivity index (χ0v) is 7.10. The second kappa shape index (κ2) is 4.04. The lowest BCUT2D eigenvalue weighted by Gasteiger charge is -2.04. The molecule has 0 saturated carbocycles. The Kier molecular flexibility index (Phi) is 3.01. The summed E-state index contributed by atoms with van der Waals surface area (Å²) in [5, 5.41) is 4.04. The Bertz CT molecular complexity index is 257. The van der Waals surface area contributed by atoms with Crippen LogP contribution in [0.4, 0.5) is 0 Å². The van der Waals surface area contributed by atoms with Crippen LogP contribution in [0.5, 0.6) is 0 Å². The molecule has 0 fully saturated rings. The average Bonchev–Trinajstić information content (AvgIpc) is 2.52. The molecule has 4 heteroatoms. The van der Waals surface area contributed by atoms with Crippen molar-refractivity contribution >= 4 is 6.20 Å². The fraction of sp³-hybridized carbons (Fsp3) is 0.375. The van der Waals surface area contributed by atoms with E-state index in [1.807, 2.05) is 13.1 Å². The molecule has 0 saturated heterocycles. The molecule has 66 valence electrons. The van der Waals surface area contributed by atoms with Crippen molar-refractivity contribution in [3.63, 3.8) is 0 Å². The topological polar surface area (TPSA) is 53.1 Å². The van der Waals surface area contributed by atoms with Gasteiger partial charge in [-0.05, 0) is 5.56 Å². The molecule has 0 radical (unpaired) electrons. The molecule has 0 spiro atoms. The van der Waals surface area contributed by atoms with E-state index in [2.05, 4.69) is 16.5 Å². The summed E-state index contributed by atoms with van der Waals surface area (Å²) in [4.78, 5) is 4.54. The first-order chi connectivity index (χ1) is 5.77. The highest BCUT2D eigenvalue weighted by Crippen LogP contribution is 2.13. The standard InChI is InChI=1S/C8H13N3O/c1-3-11-5-8(4-10-11)7(2)6-12-9/h3-5,7H,1,6,9H2,2H3. The third-order valence-corrected chi connectivity index (χ3v) is 1.72. The van der Waals surface area contributed by atoms with E-state index in [1.54, 1.807) is 17.1 Å². The monoisotopic (exact) mass is 167 g/mol. The van der Waals surface area contributed by atoms with Crippen LogP contribution in [-0.4, -0.2) is 16.4 Å². The lowest BCUT2D eigenvalue weighted by Crippen LogP contribution is -2.07. The number of rotatable bonds is 4. The minimum atomic E-state index is 0.267. The van der Waals surface area contributed by atoms with E-state index in [0.29, 0.717) is 6.61 Å². The molecule has 1 heterocycles. The van der Waals surface area contributed by atoms with E-state index >= 15 is 0 Å². The van der Waals surface area contributed by atoms with Gasteiger partial charge in [-0.3, -0.25) is 0 Å². The summed E-state index contributed by atoms with van der Waals surface area (Å²) in [6, 6.07) is 0. The molecule has 1 atom stereocenters. The van der Waals surface area contributed by atoms with Gasteiger partial charge >= 0.3 is 0 Å². The fourth-order valence-electron chi connectivity index (χ4n) is 0.948. The van der Waals surface area contributed by atoms with Gasteiger partial charge in [0, 0.05) is 18.3 Å². The van der Waals surface area contributed by atoms with Crippen LogP contribution in [0.3, 0.4) is 0 Å². The van der Waals surface area contributed by atoms with E-state index < -0.39 is 0 Å². The van der Waals surface area contributed by atoms with Crippen molar-refractivity contribution in [2.24, 2.45) is 5.90 Å².